The molecule has 0 radical (unpaired) electrons. The molecule has 0 aliphatic heterocycles. The van der Waals surface area contributed by atoms with Crippen LogP contribution in [0.15, 0.2) is 0 Å². The highest BCUT2D eigenvalue weighted by molar-refractivity contribution is 5.93. The van der Waals surface area contributed by atoms with Crippen molar-refractivity contribution in [2.24, 2.45) is 17.2 Å². The Bertz CT molecular complexity index is 671. The van der Waals surface area contributed by atoms with Crippen LogP contribution in [0.1, 0.15) is 38.5 Å². The molecule has 4 amide bonds. The number of nitrogens with two attached hydrogens (primary N) is 3. The second kappa shape index (κ2) is 14.7. The molecular formula is C17H30N6O8. The first-order chi connectivity index (χ1) is 14.5. The second-order valence-electron chi connectivity index (χ2n) is 6.73. The molecule has 0 spiro atoms. The van der Waals surface area contributed by atoms with Crippen LogP contribution < -0.4 is 33.2 Å². The SMILES string of the molecule is NCCCCC(NC(=O)C(N)CCC(N)=O)C(=O)NCC(=O)NC(CC(=O)O)C(=O)O. The molecule has 0 fully saturated rings. The average Bonchev–Trinajstić information content (AvgIpc) is 2.68. The van der Waals surface area contributed by atoms with Gasteiger partial charge in [0.05, 0.1) is 19.0 Å². The van der Waals surface area contributed by atoms with Gasteiger partial charge in [0.25, 0.3) is 0 Å². The van der Waals surface area contributed by atoms with Gasteiger partial charge in [-0.2, -0.15) is 0 Å². The summed E-state index contributed by atoms with van der Waals surface area (Å²) in [6.45, 7) is -0.276. The van der Waals surface area contributed by atoms with Crippen LogP contribution in [0.2, 0.25) is 0 Å². The number of carbonyl (C=O) groups is 6. The molecule has 0 aromatic carbocycles. The lowest BCUT2D eigenvalue weighted by Crippen LogP contribution is -2.53. The highest BCUT2D eigenvalue weighted by atomic mass is 16.4. The Morgan fingerprint density at radius 2 is 1.52 bits per heavy atom. The lowest BCUT2D eigenvalue weighted by atomic mass is 10.1. The first-order valence-electron chi connectivity index (χ1n) is 9.53. The molecule has 0 bridgehead atoms. The zero-order chi connectivity index (χ0) is 24.0. The third-order valence-electron chi connectivity index (χ3n) is 4.05. The van der Waals surface area contributed by atoms with Gasteiger partial charge in [-0.25, -0.2) is 4.79 Å². The van der Waals surface area contributed by atoms with E-state index in [9.17, 15) is 28.8 Å². The molecule has 11 N–H and O–H groups in total. The number of hydrogen-bond donors (Lipinski definition) is 8. The van der Waals surface area contributed by atoms with Crippen LogP contribution >= 0.6 is 0 Å². The summed E-state index contributed by atoms with van der Waals surface area (Å²) in [6, 6.07) is -3.79. The van der Waals surface area contributed by atoms with Crippen molar-refractivity contribution in [2.75, 3.05) is 13.1 Å². The molecule has 14 heteroatoms. The molecule has 31 heavy (non-hydrogen) atoms. The highest BCUT2D eigenvalue weighted by Crippen LogP contribution is 2.03. The zero-order valence-electron chi connectivity index (χ0n) is 17.0. The zero-order valence-corrected chi connectivity index (χ0v) is 17.0. The van der Waals surface area contributed by atoms with Gasteiger partial charge in [0.15, 0.2) is 0 Å². The average molecular weight is 446 g/mol. The van der Waals surface area contributed by atoms with E-state index in [0.717, 1.165) is 0 Å². The third kappa shape index (κ3) is 12.8. The Hall–Kier alpha value is -3.26. The van der Waals surface area contributed by atoms with Crippen molar-refractivity contribution in [1.29, 1.82) is 0 Å². The topological polar surface area (TPSA) is 257 Å². The number of nitrogens with one attached hydrogen (secondary N) is 3. The van der Waals surface area contributed by atoms with E-state index >= 15 is 0 Å². The minimum absolute atomic E-state index is 0.0130. The number of aliphatic carboxylic acids is 2. The van der Waals surface area contributed by atoms with E-state index in [1.165, 1.54) is 0 Å². The highest BCUT2D eigenvalue weighted by Gasteiger charge is 2.26. The summed E-state index contributed by atoms with van der Waals surface area (Å²) in [4.78, 5) is 68.9. The first kappa shape index (κ1) is 27.7. The van der Waals surface area contributed by atoms with Gasteiger partial charge >= 0.3 is 11.9 Å². The van der Waals surface area contributed by atoms with Gasteiger partial charge in [0, 0.05) is 6.42 Å². The van der Waals surface area contributed by atoms with Gasteiger partial charge in [0.2, 0.25) is 23.6 Å². The van der Waals surface area contributed by atoms with Gasteiger partial charge in [0.1, 0.15) is 12.1 Å². The van der Waals surface area contributed by atoms with Crippen LogP contribution in [-0.4, -0.2) is 77.0 Å². The molecule has 0 rings (SSSR count). The third-order valence-corrected chi connectivity index (χ3v) is 4.05. The maximum Gasteiger partial charge on any atom is 0.326 e. The van der Waals surface area contributed by atoms with Crippen molar-refractivity contribution < 1.29 is 39.0 Å². The van der Waals surface area contributed by atoms with Gasteiger partial charge < -0.3 is 43.4 Å². The summed E-state index contributed by atoms with van der Waals surface area (Å²) in [5, 5.41) is 24.3. The molecule has 0 aromatic heterocycles. The van der Waals surface area contributed by atoms with Crippen molar-refractivity contribution in [3.05, 3.63) is 0 Å². The fraction of sp³-hybridized carbons (Fsp3) is 0.647. The number of hydrogen-bond acceptors (Lipinski definition) is 8. The summed E-state index contributed by atoms with van der Waals surface area (Å²) < 4.78 is 0. The smallest absolute Gasteiger partial charge is 0.326 e. The quantitative estimate of drug-likeness (QED) is 0.108. The molecule has 0 saturated carbocycles. The van der Waals surface area contributed by atoms with Gasteiger partial charge in [-0.3, -0.25) is 24.0 Å². The number of amides is 4. The van der Waals surface area contributed by atoms with Crippen LogP contribution in [0.5, 0.6) is 0 Å². The number of carboxylic acid groups (broad SMARTS) is 2. The molecule has 3 atom stereocenters. The maximum absolute atomic E-state index is 12.4. The number of rotatable bonds is 16. The van der Waals surface area contributed by atoms with Crippen molar-refractivity contribution in [2.45, 2.75) is 56.7 Å². The maximum atomic E-state index is 12.4. The minimum Gasteiger partial charge on any atom is -0.481 e. The van der Waals surface area contributed by atoms with E-state index < -0.39 is 66.7 Å². The van der Waals surface area contributed by atoms with E-state index in [1.54, 1.807) is 0 Å². The van der Waals surface area contributed by atoms with E-state index in [1.807, 2.05) is 5.32 Å². The Labute approximate surface area is 178 Å². The van der Waals surface area contributed by atoms with Crippen LogP contribution in [-0.2, 0) is 28.8 Å². The molecule has 3 unspecified atom stereocenters. The molecular weight excluding hydrogens is 416 g/mol. The largest absolute Gasteiger partial charge is 0.481 e. The Morgan fingerprint density at radius 3 is 2.03 bits per heavy atom. The normalized spacial score (nSPS) is 13.4. The van der Waals surface area contributed by atoms with Crippen molar-refractivity contribution in [3.63, 3.8) is 0 Å². The predicted octanol–water partition coefficient (Wildman–Crippen LogP) is -3.65. The molecule has 0 aliphatic carbocycles. The fourth-order valence-electron chi connectivity index (χ4n) is 2.38. The van der Waals surface area contributed by atoms with Crippen molar-refractivity contribution in [3.8, 4) is 0 Å². The van der Waals surface area contributed by atoms with Crippen LogP contribution in [0.4, 0.5) is 0 Å². The summed E-state index contributed by atoms with van der Waals surface area (Å²) in [7, 11) is 0. The Morgan fingerprint density at radius 1 is 0.871 bits per heavy atom. The molecule has 14 nitrogen and oxygen atoms in total. The van der Waals surface area contributed by atoms with E-state index in [0.29, 0.717) is 19.4 Å². The number of carboxylic acids is 2. The molecule has 0 aliphatic rings. The monoisotopic (exact) mass is 446 g/mol. The van der Waals surface area contributed by atoms with Crippen LogP contribution in [0, 0.1) is 0 Å². The lowest BCUT2D eigenvalue weighted by molar-refractivity contribution is -0.147. The van der Waals surface area contributed by atoms with Gasteiger partial charge in [-0.05, 0) is 32.2 Å². The number of primary amides is 1. The molecule has 176 valence electrons. The first-order valence-corrected chi connectivity index (χ1v) is 9.53. The van der Waals surface area contributed by atoms with Gasteiger partial charge in [-0.1, -0.05) is 0 Å². The molecule has 0 aromatic rings. The van der Waals surface area contributed by atoms with Crippen LogP contribution in [0.25, 0.3) is 0 Å². The van der Waals surface area contributed by atoms with Crippen molar-refractivity contribution in [1.82, 2.24) is 16.0 Å². The Balaban J connectivity index is 4.87. The van der Waals surface area contributed by atoms with Gasteiger partial charge in [-0.15, -0.1) is 0 Å². The molecule has 0 heterocycles. The summed E-state index contributed by atoms with van der Waals surface area (Å²) >= 11 is 0. The lowest BCUT2D eigenvalue weighted by Gasteiger charge is -2.21. The summed E-state index contributed by atoms with van der Waals surface area (Å²) in [5.41, 5.74) is 16.1. The van der Waals surface area contributed by atoms with E-state index in [2.05, 4.69) is 10.6 Å². The summed E-state index contributed by atoms with van der Waals surface area (Å²) in [5.74, 6) is -5.94. The van der Waals surface area contributed by atoms with Crippen LogP contribution in [0.3, 0.4) is 0 Å². The second-order valence-corrected chi connectivity index (χ2v) is 6.73. The number of carbonyl (C=O) groups excluding carboxylic acids is 4. The minimum atomic E-state index is -1.66. The van der Waals surface area contributed by atoms with E-state index in [4.69, 9.17) is 27.4 Å². The standard InChI is InChI=1S/C17H30N6O8/c18-6-2-1-3-10(23-15(28)9(19)4-5-12(20)24)16(29)21-8-13(25)22-11(17(30)31)7-14(26)27/h9-11H,1-8,18-19H2,(H2,20,24)(H,21,29)(H,22,25)(H,23,28)(H,26,27)(H,30,31). The van der Waals surface area contributed by atoms with Crippen molar-refractivity contribution >= 4 is 35.6 Å². The molecule has 0 saturated heterocycles. The Kier molecular flexibility index (Phi) is 13.1. The predicted molar refractivity (Wildman–Crippen MR) is 106 cm³/mol. The number of unbranched alkanes of at least 4 members (excludes halogenated alkanes) is 1. The van der Waals surface area contributed by atoms with E-state index in [-0.39, 0.29) is 19.3 Å². The summed E-state index contributed by atoms with van der Waals surface area (Å²) in [6.07, 6.45) is 0.285. The fourth-order valence-corrected chi connectivity index (χ4v) is 2.38.